The van der Waals surface area contributed by atoms with Gasteiger partial charge < -0.3 is 20.3 Å². The normalized spacial score (nSPS) is 18.0. The number of phenolic OH excluding ortho intramolecular Hbond substituents is 1. The van der Waals surface area contributed by atoms with Crippen molar-refractivity contribution >= 4 is 17.5 Å². The van der Waals surface area contributed by atoms with Crippen LogP contribution in [0, 0.1) is 0 Å². The van der Waals surface area contributed by atoms with Crippen molar-refractivity contribution in [3.63, 3.8) is 0 Å². The van der Waals surface area contributed by atoms with E-state index >= 15 is 0 Å². The maximum atomic E-state index is 12.2. The van der Waals surface area contributed by atoms with Crippen LogP contribution in [0.1, 0.15) is 23.2 Å². The van der Waals surface area contributed by atoms with Gasteiger partial charge in [0.15, 0.2) is 0 Å². The molecule has 0 atom stereocenters. The molecule has 19 heavy (non-hydrogen) atoms. The summed E-state index contributed by atoms with van der Waals surface area (Å²) in [6.45, 7) is 0.835. The zero-order chi connectivity index (χ0) is 13.9. The van der Waals surface area contributed by atoms with Gasteiger partial charge in [-0.15, -0.1) is 0 Å². The predicted molar refractivity (Wildman–Crippen MR) is 70.5 cm³/mol. The van der Waals surface area contributed by atoms with Gasteiger partial charge in [0.25, 0.3) is 5.91 Å². The number of amides is 1. The summed E-state index contributed by atoms with van der Waals surface area (Å²) >= 11 is 5.94. The Kier molecular flexibility index (Phi) is 4.29. The minimum atomic E-state index is -0.676. The molecule has 1 heterocycles. The van der Waals surface area contributed by atoms with E-state index in [0.717, 1.165) is 0 Å². The molecule has 104 valence electrons. The van der Waals surface area contributed by atoms with Gasteiger partial charge in [-0.3, -0.25) is 4.79 Å². The molecule has 0 aliphatic carbocycles. The van der Waals surface area contributed by atoms with Crippen LogP contribution in [0.15, 0.2) is 18.2 Å². The first kappa shape index (κ1) is 14.1. The number of aliphatic hydroxyl groups excluding tert-OH is 1. The topological polar surface area (TPSA) is 78.8 Å². The lowest BCUT2D eigenvalue weighted by molar-refractivity contribution is 0.0125. The molecule has 3 N–H and O–H groups in total. The number of carbonyl (C=O) groups excluding carboxylic acids is 1. The SMILES string of the molecule is O=C(NC1(CO)CCOCC1)c1cc(O)ccc1Cl. The number of carbonyl (C=O) groups is 1. The van der Waals surface area contributed by atoms with E-state index < -0.39 is 11.4 Å². The molecule has 2 rings (SSSR count). The monoisotopic (exact) mass is 285 g/mol. The lowest BCUT2D eigenvalue weighted by atomic mass is 9.90. The van der Waals surface area contributed by atoms with E-state index in [1.54, 1.807) is 0 Å². The van der Waals surface area contributed by atoms with Crippen LogP contribution in [0.2, 0.25) is 5.02 Å². The largest absolute Gasteiger partial charge is 0.508 e. The van der Waals surface area contributed by atoms with Crippen LogP contribution in [0.3, 0.4) is 0 Å². The summed E-state index contributed by atoms with van der Waals surface area (Å²) in [6.07, 6.45) is 1.09. The first-order chi connectivity index (χ1) is 9.06. The van der Waals surface area contributed by atoms with Crippen molar-refractivity contribution in [2.75, 3.05) is 19.8 Å². The third-order valence-corrected chi connectivity index (χ3v) is 3.66. The summed E-state index contributed by atoms with van der Waals surface area (Å²) in [6, 6.07) is 4.18. The molecule has 1 aliphatic rings. The molecule has 1 aliphatic heterocycles. The average Bonchev–Trinajstić information content (AvgIpc) is 2.42. The van der Waals surface area contributed by atoms with Crippen molar-refractivity contribution in [2.24, 2.45) is 0 Å². The Balaban J connectivity index is 2.17. The van der Waals surface area contributed by atoms with E-state index in [9.17, 15) is 15.0 Å². The molecule has 1 aromatic rings. The number of ether oxygens (including phenoxy) is 1. The molecule has 1 amide bonds. The molecule has 0 radical (unpaired) electrons. The van der Waals surface area contributed by atoms with Gasteiger partial charge in [-0.2, -0.15) is 0 Å². The van der Waals surface area contributed by atoms with Crippen LogP contribution >= 0.6 is 11.6 Å². The molecule has 6 heteroatoms. The van der Waals surface area contributed by atoms with E-state index in [1.165, 1.54) is 18.2 Å². The summed E-state index contributed by atoms with van der Waals surface area (Å²) in [7, 11) is 0. The van der Waals surface area contributed by atoms with Gasteiger partial charge in [0.05, 0.1) is 22.7 Å². The third kappa shape index (κ3) is 3.18. The highest BCUT2D eigenvalue weighted by atomic mass is 35.5. The number of rotatable bonds is 3. The standard InChI is InChI=1S/C13H16ClNO4/c14-11-2-1-9(17)7-10(11)12(18)15-13(8-16)3-5-19-6-4-13/h1-2,7,16-17H,3-6,8H2,(H,15,18). The molecule has 1 fully saturated rings. The van der Waals surface area contributed by atoms with Crippen LogP contribution in [-0.4, -0.2) is 41.5 Å². The van der Waals surface area contributed by atoms with Crippen molar-refractivity contribution in [1.29, 1.82) is 0 Å². The fourth-order valence-corrected chi connectivity index (χ4v) is 2.28. The Morgan fingerprint density at radius 3 is 2.74 bits per heavy atom. The summed E-state index contributed by atoms with van der Waals surface area (Å²) < 4.78 is 5.23. The zero-order valence-electron chi connectivity index (χ0n) is 10.4. The number of nitrogens with one attached hydrogen (secondary N) is 1. The van der Waals surface area contributed by atoms with Crippen LogP contribution in [0.25, 0.3) is 0 Å². The maximum absolute atomic E-state index is 12.2. The number of hydrogen-bond acceptors (Lipinski definition) is 4. The molecular weight excluding hydrogens is 270 g/mol. The molecule has 1 aromatic carbocycles. The quantitative estimate of drug-likeness (QED) is 0.782. The number of phenols is 1. The number of aromatic hydroxyl groups is 1. The van der Waals surface area contributed by atoms with E-state index in [2.05, 4.69) is 5.32 Å². The van der Waals surface area contributed by atoms with Crippen molar-refractivity contribution in [1.82, 2.24) is 5.32 Å². The molecule has 0 aromatic heterocycles. The van der Waals surface area contributed by atoms with Crippen LogP contribution in [0.4, 0.5) is 0 Å². The highest BCUT2D eigenvalue weighted by molar-refractivity contribution is 6.33. The number of benzene rings is 1. The Morgan fingerprint density at radius 1 is 1.42 bits per heavy atom. The molecular formula is C13H16ClNO4. The number of halogens is 1. The van der Waals surface area contributed by atoms with E-state index in [0.29, 0.717) is 26.1 Å². The van der Waals surface area contributed by atoms with Gasteiger partial charge in [-0.1, -0.05) is 11.6 Å². The minimum Gasteiger partial charge on any atom is -0.508 e. The summed E-state index contributed by atoms with van der Waals surface area (Å²) in [5.41, 5.74) is -0.481. The first-order valence-corrected chi connectivity index (χ1v) is 6.44. The van der Waals surface area contributed by atoms with Crippen LogP contribution in [0.5, 0.6) is 5.75 Å². The van der Waals surface area contributed by atoms with Gasteiger partial charge in [0.1, 0.15) is 5.75 Å². The summed E-state index contributed by atoms with van der Waals surface area (Å²) in [4.78, 5) is 12.2. The second-order valence-corrected chi connectivity index (χ2v) is 5.08. The highest BCUT2D eigenvalue weighted by Crippen LogP contribution is 2.24. The molecule has 1 saturated heterocycles. The Hall–Kier alpha value is -1.30. The van der Waals surface area contributed by atoms with Crippen LogP contribution in [-0.2, 0) is 4.74 Å². The fraction of sp³-hybridized carbons (Fsp3) is 0.462. The summed E-state index contributed by atoms with van der Waals surface area (Å²) in [5, 5.41) is 22.0. The van der Waals surface area contributed by atoms with E-state index in [4.69, 9.17) is 16.3 Å². The van der Waals surface area contributed by atoms with Gasteiger partial charge in [0.2, 0.25) is 0 Å². The first-order valence-electron chi connectivity index (χ1n) is 6.06. The van der Waals surface area contributed by atoms with Gasteiger partial charge in [-0.25, -0.2) is 0 Å². The Labute approximate surface area is 116 Å². The smallest absolute Gasteiger partial charge is 0.253 e. The number of aliphatic hydroxyl groups is 1. The van der Waals surface area contributed by atoms with Crippen molar-refractivity contribution < 1.29 is 19.7 Å². The lowest BCUT2D eigenvalue weighted by Gasteiger charge is -2.36. The molecule has 0 spiro atoms. The van der Waals surface area contributed by atoms with Gasteiger partial charge >= 0.3 is 0 Å². The van der Waals surface area contributed by atoms with E-state index in [1.807, 2.05) is 0 Å². The molecule has 0 bridgehead atoms. The fourth-order valence-electron chi connectivity index (χ4n) is 2.08. The number of hydrogen-bond donors (Lipinski definition) is 3. The Morgan fingerprint density at radius 2 is 2.11 bits per heavy atom. The zero-order valence-corrected chi connectivity index (χ0v) is 11.1. The summed E-state index contributed by atoms with van der Waals surface area (Å²) in [5.74, 6) is -0.434. The van der Waals surface area contributed by atoms with E-state index in [-0.39, 0.29) is 22.9 Å². The van der Waals surface area contributed by atoms with Crippen molar-refractivity contribution in [2.45, 2.75) is 18.4 Å². The highest BCUT2D eigenvalue weighted by Gasteiger charge is 2.34. The molecule has 5 nitrogen and oxygen atoms in total. The third-order valence-electron chi connectivity index (χ3n) is 3.33. The predicted octanol–water partition coefficient (Wildman–Crippen LogP) is 1.32. The van der Waals surface area contributed by atoms with Crippen molar-refractivity contribution in [3.05, 3.63) is 28.8 Å². The average molecular weight is 286 g/mol. The van der Waals surface area contributed by atoms with Crippen molar-refractivity contribution in [3.8, 4) is 5.75 Å². The lowest BCUT2D eigenvalue weighted by Crippen LogP contribution is -2.54. The maximum Gasteiger partial charge on any atom is 0.253 e. The molecule has 0 saturated carbocycles. The second-order valence-electron chi connectivity index (χ2n) is 4.67. The second kappa shape index (κ2) is 5.77. The Bertz CT molecular complexity index is 472. The van der Waals surface area contributed by atoms with Crippen LogP contribution < -0.4 is 5.32 Å². The van der Waals surface area contributed by atoms with Gasteiger partial charge in [0, 0.05) is 13.2 Å². The minimum absolute atomic E-state index is 0.0282. The molecule has 0 unspecified atom stereocenters. The van der Waals surface area contributed by atoms with Gasteiger partial charge in [-0.05, 0) is 31.0 Å².